The van der Waals surface area contributed by atoms with E-state index in [1.807, 2.05) is 0 Å². The molecule has 3 N–H and O–H groups in total. The minimum absolute atomic E-state index is 0.276. The van der Waals surface area contributed by atoms with E-state index in [2.05, 4.69) is 15.5 Å². The van der Waals surface area contributed by atoms with Crippen molar-refractivity contribution in [3.8, 4) is 0 Å². The molecule has 1 aromatic rings. The molecule has 6 nitrogen and oxygen atoms in total. The van der Waals surface area contributed by atoms with Crippen LogP contribution < -0.4 is 5.32 Å². The van der Waals surface area contributed by atoms with Gasteiger partial charge in [0.25, 0.3) is 0 Å². The summed E-state index contributed by atoms with van der Waals surface area (Å²) in [6.45, 7) is 3.56. The van der Waals surface area contributed by atoms with Crippen molar-refractivity contribution in [2.24, 2.45) is 17.3 Å². The van der Waals surface area contributed by atoms with Crippen LogP contribution in [-0.2, 0) is 9.59 Å². The smallest absolute Gasteiger partial charge is 0.307 e. The predicted octanol–water partition coefficient (Wildman–Crippen LogP) is 0.705. The van der Waals surface area contributed by atoms with E-state index in [4.69, 9.17) is 5.11 Å². The van der Waals surface area contributed by atoms with E-state index in [1.165, 1.54) is 6.20 Å². The Balaban J connectivity index is 2.05. The standard InChI is InChI=1S/C10H13N3O3/c1-10(2)6(7(10)9(15)16)8(14)12-5-3-4-11-13-5/h3-4,6-7H,1-2H3,(H,15,16)(H2,11,12,13,14)/t6-,7-/m0/s1. The highest BCUT2D eigenvalue weighted by Gasteiger charge is 2.65. The van der Waals surface area contributed by atoms with Crippen molar-refractivity contribution < 1.29 is 14.7 Å². The van der Waals surface area contributed by atoms with Crippen LogP contribution in [0.25, 0.3) is 0 Å². The van der Waals surface area contributed by atoms with Crippen LogP contribution in [0.4, 0.5) is 5.82 Å². The molecule has 2 atom stereocenters. The molecule has 0 aliphatic heterocycles. The fourth-order valence-electron chi connectivity index (χ4n) is 2.12. The molecular formula is C10H13N3O3. The van der Waals surface area contributed by atoms with Crippen LogP contribution in [0.2, 0.25) is 0 Å². The van der Waals surface area contributed by atoms with Gasteiger partial charge in [0.1, 0.15) is 5.82 Å². The number of carbonyl (C=O) groups excluding carboxylic acids is 1. The molecular weight excluding hydrogens is 210 g/mol. The van der Waals surface area contributed by atoms with Crippen LogP contribution in [0.15, 0.2) is 12.3 Å². The quantitative estimate of drug-likeness (QED) is 0.703. The minimum Gasteiger partial charge on any atom is -0.481 e. The average Bonchev–Trinajstić information content (AvgIpc) is 2.58. The molecule has 1 amide bonds. The van der Waals surface area contributed by atoms with Crippen molar-refractivity contribution in [2.75, 3.05) is 5.32 Å². The molecule has 1 aliphatic rings. The number of nitrogens with zero attached hydrogens (tertiary/aromatic N) is 1. The number of rotatable bonds is 3. The van der Waals surface area contributed by atoms with Gasteiger partial charge in [0.15, 0.2) is 0 Å². The van der Waals surface area contributed by atoms with E-state index < -0.39 is 23.2 Å². The van der Waals surface area contributed by atoms with Crippen molar-refractivity contribution in [3.05, 3.63) is 12.3 Å². The first kappa shape index (κ1) is 10.7. The van der Waals surface area contributed by atoms with Gasteiger partial charge in [-0.2, -0.15) is 5.10 Å². The third-order valence-electron chi connectivity index (χ3n) is 3.13. The maximum Gasteiger partial charge on any atom is 0.307 e. The molecule has 2 rings (SSSR count). The summed E-state index contributed by atoms with van der Waals surface area (Å²) in [4.78, 5) is 22.7. The van der Waals surface area contributed by atoms with Gasteiger partial charge in [-0.25, -0.2) is 0 Å². The second-order valence-electron chi connectivity index (χ2n) is 4.57. The van der Waals surface area contributed by atoms with Gasteiger partial charge in [-0.05, 0) is 5.41 Å². The number of anilines is 1. The summed E-state index contributed by atoms with van der Waals surface area (Å²) >= 11 is 0. The number of carbonyl (C=O) groups is 2. The molecule has 0 radical (unpaired) electrons. The molecule has 1 aliphatic carbocycles. The summed E-state index contributed by atoms with van der Waals surface area (Å²) in [7, 11) is 0. The number of carboxylic acid groups (broad SMARTS) is 1. The van der Waals surface area contributed by atoms with E-state index in [0.29, 0.717) is 5.82 Å². The summed E-state index contributed by atoms with van der Waals surface area (Å²) in [6, 6.07) is 1.61. The fourth-order valence-corrected chi connectivity index (χ4v) is 2.12. The first-order valence-corrected chi connectivity index (χ1v) is 4.97. The first-order chi connectivity index (χ1) is 7.44. The largest absolute Gasteiger partial charge is 0.481 e. The monoisotopic (exact) mass is 223 g/mol. The van der Waals surface area contributed by atoms with Gasteiger partial charge in [-0.15, -0.1) is 0 Å². The van der Waals surface area contributed by atoms with Gasteiger partial charge in [0.05, 0.1) is 18.0 Å². The Kier molecular flexibility index (Phi) is 2.22. The third-order valence-corrected chi connectivity index (χ3v) is 3.13. The van der Waals surface area contributed by atoms with Crippen molar-refractivity contribution in [3.63, 3.8) is 0 Å². The van der Waals surface area contributed by atoms with Crippen LogP contribution in [0.5, 0.6) is 0 Å². The summed E-state index contributed by atoms with van der Waals surface area (Å²) in [6.07, 6.45) is 1.52. The highest BCUT2D eigenvalue weighted by molar-refractivity contribution is 5.99. The lowest BCUT2D eigenvalue weighted by atomic mass is 10.1. The van der Waals surface area contributed by atoms with Crippen LogP contribution in [0.1, 0.15) is 13.8 Å². The summed E-state index contributed by atoms with van der Waals surface area (Å²) in [5, 5.41) is 17.8. The average molecular weight is 223 g/mol. The molecule has 1 saturated carbocycles. The van der Waals surface area contributed by atoms with Crippen molar-refractivity contribution in [1.29, 1.82) is 0 Å². The highest BCUT2D eigenvalue weighted by atomic mass is 16.4. The molecule has 0 saturated heterocycles. The minimum atomic E-state index is -0.922. The second-order valence-corrected chi connectivity index (χ2v) is 4.57. The third kappa shape index (κ3) is 1.56. The Morgan fingerprint density at radius 3 is 2.62 bits per heavy atom. The predicted molar refractivity (Wildman–Crippen MR) is 55.6 cm³/mol. The van der Waals surface area contributed by atoms with Gasteiger partial charge in [0, 0.05) is 6.07 Å². The lowest BCUT2D eigenvalue weighted by molar-refractivity contribution is -0.140. The topological polar surface area (TPSA) is 95.1 Å². The number of aromatic amines is 1. The van der Waals surface area contributed by atoms with Crippen molar-refractivity contribution in [1.82, 2.24) is 10.2 Å². The van der Waals surface area contributed by atoms with Crippen LogP contribution in [0.3, 0.4) is 0 Å². The summed E-state index contributed by atoms with van der Waals surface area (Å²) in [5.41, 5.74) is -0.476. The van der Waals surface area contributed by atoms with E-state index in [1.54, 1.807) is 19.9 Å². The lowest BCUT2D eigenvalue weighted by Gasteiger charge is -2.02. The zero-order valence-electron chi connectivity index (χ0n) is 9.02. The first-order valence-electron chi connectivity index (χ1n) is 4.97. The van der Waals surface area contributed by atoms with E-state index in [9.17, 15) is 9.59 Å². The molecule has 86 valence electrons. The Morgan fingerprint density at radius 2 is 2.19 bits per heavy atom. The van der Waals surface area contributed by atoms with E-state index >= 15 is 0 Å². The molecule has 1 heterocycles. The zero-order chi connectivity index (χ0) is 11.9. The number of amides is 1. The summed E-state index contributed by atoms with van der Waals surface area (Å²) in [5.74, 6) is -1.79. The number of hydrogen-bond acceptors (Lipinski definition) is 3. The maximum atomic E-state index is 11.8. The van der Waals surface area contributed by atoms with Gasteiger partial charge >= 0.3 is 5.97 Å². The highest BCUT2D eigenvalue weighted by Crippen LogP contribution is 2.58. The zero-order valence-corrected chi connectivity index (χ0v) is 9.02. The lowest BCUT2D eigenvalue weighted by Crippen LogP contribution is -2.17. The SMILES string of the molecule is CC1(C)[C@H](C(=O)O)[C@H]1C(=O)Nc1ccn[nH]1. The maximum absolute atomic E-state index is 11.8. The normalized spacial score (nSPS) is 26.1. The van der Waals surface area contributed by atoms with Gasteiger partial charge < -0.3 is 10.4 Å². The molecule has 0 spiro atoms. The Bertz CT molecular complexity index is 425. The fraction of sp³-hybridized carbons (Fsp3) is 0.500. The van der Waals surface area contributed by atoms with E-state index in [0.717, 1.165) is 0 Å². The molecule has 1 fully saturated rings. The summed E-state index contributed by atoms with van der Waals surface area (Å²) < 4.78 is 0. The number of hydrogen-bond donors (Lipinski definition) is 3. The molecule has 6 heteroatoms. The van der Waals surface area contributed by atoms with Gasteiger partial charge in [-0.3, -0.25) is 14.7 Å². The molecule has 0 unspecified atom stereocenters. The number of carboxylic acids is 1. The van der Waals surface area contributed by atoms with Gasteiger partial charge in [-0.1, -0.05) is 13.8 Å². The van der Waals surface area contributed by atoms with Crippen LogP contribution >= 0.6 is 0 Å². The Hall–Kier alpha value is -1.85. The number of H-pyrrole nitrogens is 1. The van der Waals surface area contributed by atoms with Gasteiger partial charge in [0.2, 0.25) is 5.91 Å². The molecule has 0 aromatic carbocycles. The molecule has 16 heavy (non-hydrogen) atoms. The number of aromatic nitrogens is 2. The molecule has 0 bridgehead atoms. The number of aliphatic carboxylic acids is 1. The van der Waals surface area contributed by atoms with E-state index in [-0.39, 0.29) is 5.91 Å². The molecule has 1 aromatic heterocycles. The second kappa shape index (κ2) is 3.33. The Labute approximate surface area is 92.0 Å². The van der Waals surface area contributed by atoms with Crippen molar-refractivity contribution >= 4 is 17.7 Å². The Morgan fingerprint density at radius 1 is 1.50 bits per heavy atom. The van der Waals surface area contributed by atoms with Crippen LogP contribution in [-0.4, -0.2) is 27.2 Å². The number of nitrogens with one attached hydrogen (secondary N) is 2. The van der Waals surface area contributed by atoms with Crippen molar-refractivity contribution in [2.45, 2.75) is 13.8 Å². The van der Waals surface area contributed by atoms with Crippen LogP contribution in [0, 0.1) is 17.3 Å².